The maximum Gasteiger partial charge on any atom is 0.229 e. The number of hydrogen-bond donors (Lipinski definition) is 1. The molecule has 2 atom stereocenters. The summed E-state index contributed by atoms with van der Waals surface area (Å²) in [7, 11) is -1.52. The Bertz CT molecular complexity index is 1220. The second-order valence-electron chi connectivity index (χ2n) is 9.26. The third kappa shape index (κ3) is 3.81. The monoisotopic (exact) mass is 450 g/mol. The van der Waals surface area contributed by atoms with E-state index in [1.54, 1.807) is 6.07 Å². The smallest absolute Gasteiger partial charge is 0.229 e. The molecule has 3 aromatic rings. The molecule has 0 aromatic heterocycles. The summed E-state index contributed by atoms with van der Waals surface area (Å²) in [6.45, 7) is 2.87. The van der Waals surface area contributed by atoms with Crippen molar-refractivity contribution in [3.8, 4) is 0 Å². The van der Waals surface area contributed by atoms with E-state index in [1.165, 1.54) is 22.6 Å². The molecule has 1 aliphatic carbocycles. The summed E-state index contributed by atoms with van der Waals surface area (Å²) in [4.78, 5) is 2.57. The first-order chi connectivity index (χ1) is 15.4. The molecule has 2 fully saturated rings. The molecule has 3 aromatic carbocycles. The van der Waals surface area contributed by atoms with Crippen molar-refractivity contribution in [2.75, 3.05) is 31.2 Å². The SMILES string of the molecule is COC1(c2cccc(NS(C)(=O)=O)c2)C2CCC1CN(Cc1cccc3ccccc13)C2. The minimum atomic E-state index is -3.32. The molecule has 2 bridgehead atoms. The lowest BCUT2D eigenvalue weighted by Gasteiger charge is -2.47. The predicted octanol–water partition coefficient (Wildman–Crippen LogP) is 4.60. The van der Waals surface area contributed by atoms with Crippen LogP contribution in [0.3, 0.4) is 0 Å². The van der Waals surface area contributed by atoms with Gasteiger partial charge in [0.15, 0.2) is 0 Å². The molecule has 1 saturated carbocycles. The molecule has 168 valence electrons. The number of rotatable bonds is 6. The number of nitrogens with zero attached hydrogens (tertiary/aromatic N) is 1. The number of piperidine rings is 1. The minimum absolute atomic E-state index is 0.370. The standard InChI is InChI=1S/C26H30N2O3S/c1-31-26(21-10-6-11-24(15-21)27-32(2,29)30)22-13-14-23(26)18-28(17-22)16-20-9-5-8-19-7-3-4-12-25(19)20/h3-12,15,22-23,27H,13-14,16-18H2,1-2H3. The summed E-state index contributed by atoms with van der Waals surface area (Å²) in [5.74, 6) is 0.740. The fraction of sp³-hybridized carbons (Fsp3) is 0.385. The van der Waals surface area contributed by atoms with Gasteiger partial charge in [0.1, 0.15) is 5.60 Å². The summed E-state index contributed by atoms with van der Waals surface area (Å²) in [6.07, 6.45) is 3.42. The van der Waals surface area contributed by atoms with E-state index in [0.717, 1.165) is 38.0 Å². The normalized spacial score (nSPS) is 25.8. The zero-order valence-corrected chi connectivity index (χ0v) is 19.4. The van der Waals surface area contributed by atoms with Crippen molar-refractivity contribution in [2.24, 2.45) is 11.8 Å². The van der Waals surface area contributed by atoms with E-state index in [1.807, 2.05) is 19.2 Å². The van der Waals surface area contributed by atoms with Gasteiger partial charge in [0.2, 0.25) is 10.0 Å². The fourth-order valence-corrected chi connectivity index (χ4v) is 6.63. The van der Waals surface area contributed by atoms with Crippen molar-refractivity contribution < 1.29 is 13.2 Å². The maximum atomic E-state index is 11.7. The van der Waals surface area contributed by atoms with Crippen LogP contribution in [0.2, 0.25) is 0 Å². The van der Waals surface area contributed by atoms with Gasteiger partial charge in [-0.05, 0) is 46.9 Å². The zero-order chi connectivity index (χ0) is 22.3. The average Bonchev–Trinajstić information content (AvgIpc) is 2.96. The summed E-state index contributed by atoms with van der Waals surface area (Å²) >= 11 is 0. The quantitative estimate of drug-likeness (QED) is 0.597. The topological polar surface area (TPSA) is 58.6 Å². The molecule has 2 aliphatic rings. The lowest BCUT2D eigenvalue weighted by molar-refractivity contribution is -0.120. The highest BCUT2D eigenvalue weighted by atomic mass is 32.2. The number of methoxy groups -OCH3 is 1. The zero-order valence-electron chi connectivity index (χ0n) is 18.6. The molecule has 0 amide bonds. The van der Waals surface area contributed by atoms with Crippen LogP contribution in [0.25, 0.3) is 10.8 Å². The Morgan fingerprint density at radius 1 is 1.00 bits per heavy atom. The van der Waals surface area contributed by atoms with E-state index in [-0.39, 0.29) is 5.60 Å². The Balaban J connectivity index is 1.42. The summed E-state index contributed by atoms with van der Waals surface area (Å²) in [5.41, 5.74) is 2.67. The number of sulfonamides is 1. The Morgan fingerprint density at radius 3 is 2.41 bits per heavy atom. The van der Waals surface area contributed by atoms with Crippen LogP contribution in [0.15, 0.2) is 66.7 Å². The van der Waals surface area contributed by atoms with Crippen LogP contribution in [0.4, 0.5) is 5.69 Å². The largest absolute Gasteiger partial charge is 0.373 e. The molecule has 1 heterocycles. The van der Waals surface area contributed by atoms with Crippen molar-refractivity contribution in [1.82, 2.24) is 4.90 Å². The van der Waals surface area contributed by atoms with Gasteiger partial charge in [0.05, 0.1) is 6.26 Å². The minimum Gasteiger partial charge on any atom is -0.373 e. The molecule has 1 N–H and O–H groups in total. The Hall–Kier alpha value is -2.41. The third-order valence-electron chi connectivity index (χ3n) is 7.26. The van der Waals surface area contributed by atoms with Gasteiger partial charge in [-0.2, -0.15) is 0 Å². The van der Waals surface area contributed by atoms with Gasteiger partial charge in [0, 0.05) is 44.3 Å². The molecular formula is C26H30N2O3S. The average molecular weight is 451 g/mol. The summed E-state index contributed by atoms with van der Waals surface area (Å²) < 4.78 is 32.4. The van der Waals surface area contributed by atoms with E-state index in [2.05, 4.69) is 58.2 Å². The van der Waals surface area contributed by atoms with Crippen molar-refractivity contribution in [1.29, 1.82) is 0 Å². The Morgan fingerprint density at radius 2 is 1.69 bits per heavy atom. The third-order valence-corrected chi connectivity index (χ3v) is 7.87. The Kier molecular flexibility index (Phi) is 5.48. The molecule has 5 rings (SSSR count). The summed E-state index contributed by atoms with van der Waals surface area (Å²) in [5, 5.41) is 2.61. The van der Waals surface area contributed by atoms with Crippen LogP contribution >= 0.6 is 0 Å². The summed E-state index contributed by atoms with van der Waals surface area (Å²) in [6, 6.07) is 22.9. The first-order valence-electron chi connectivity index (χ1n) is 11.2. The predicted molar refractivity (Wildman–Crippen MR) is 129 cm³/mol. The molecule has 32 heavy (non-hydrogen) atoms. The van der Waals surface area contributed by atoms with E-state index in [4.69, 9.17) is 4.74 Å². The Labute approximate surface area is 190 Å². The maximum absolute atomic E-state index is 11.7. The number of benzene rings is 3. The highest BCUT2D eigenvalue weighted by Gasteiger charge is 2.55. The first-order valence-corrected chi connectivity index (χ1v) is 13.1. The highest BCUT2D eigenvalue weighted by Crippen LogP contribution is 2.54. The molecule has 5 nitrogen and oxygen atoms in total. The van der Waals surface area contributed by atoms with Crippen LogP contribution in [-0.4, -0.2) is 39.8 Å². The molecule has 1 saturated heterocycles. The number of hydrogen-bond acceptors (Lipinski definition) is 4. The van der Waals surface area contributed by atoms with Crippen LogP contribution < -0.4 is 4.72 Å². The van der Waals surface area contributed by atoms with Gasteiger partial charge < -0.3 is 4.74 Å². The molecule has 0 radical (unpaired) electrons. The van der Waals surface area contributed by atoms with Gasteiger partial charge in [0.25, 0.3) is 0 Å². The number of nitrogens with one attached hydrogen (secondary N) is 1. The number of ether oxygens (including phenoxy) is 1. The van der Waals surface area contributed by atoms with Crippen molar-refractivity contribution in [2.45, 2.75) is 25.0 Å². The van der Waals surface area contributed by atoms with Crippen LogP contribution in [-0.2, 0) is 26.9 Å². The number of fused-ring (bicyclic) bond motifs is 3. The molecular weight excluding hydrogens is 420 g/mol. The highest BCUT2D eigenvalue weighted by molar-refractivity contribution is 7.92. The van der Waals surface area contributed by atoms with Crippen molar-refractivity contribution in [3.05, 3.63) is 77.9 Å². The van der Waals surface area contributed by atoms with E-state index in [0.29, 0.717) is 17.5 Å². The van der Waals surface area contributed by atoms with E-state index >= 15 is 0 Å². The second kappa shape index (κ2) is 8.18. The van der Waals surface area contributed by atoms with Gasteiger partial charge >= 0.3 is 0 Å². The molecule has 2 unspecified atom stereocenters. The molecule has 0 spiro atoms. The molecule has 1 aliphatic heterocycles. The van der Waals surface area contributed by atoms with Gasteiger partial charge in [-0.25, -0.2) is 8.42 Å². The molecule has 6 heteroatoms. The lowest BCUT2D eigenvalue weighted by Crippen LogP contribution is -2.52. The van der Waals surface area contributed by atoms with E-state index < -0.39 is 10.0 Å². The van der Waals surface area contributed by atoms with E-state index in [9.17, 15) is 8.42 Å². The lowest BCUT2D eigenvalue weighted by atomic mass is 9.74. The van der Waals surface area contributed by atoms with Gasteiger partial charge in [-0.15, -0.1) is 0 Å². The van der Waals surface area contributed by atoms with Crippen molar-refractivity contribution >= 4 is 26.5 Å². The van der Waals surface area contributed by atoms with Crippen LogP contribution in [0.5, 0.6) is 0 Å². The van der Waals surface area contributed by atoms with Gasteiger partial charge in [-0.3, -0.25) is 9.62 Å². The van der Waals surface area contributed by atoms with Crippen LogP contribution in [0, 0.1) is 11.8 Å². The number of likely N-dealkylation sites (tertiary alicyclic amines) is 1. The first kappa shape index (κ1) is 21.4. The fourth-order valence-electron chi connectivity index (χ4n) is 6.08. The van der Waals surface area contributed by atoms with Crippen LogP contribution in [0.1, 0.15) is 24.0 Å². The second-order valence-corrected chi connectivity index (χ2v) is 11.0. The number of anilines is 1. The van der Waals surface area contributed by atoms with Crippen molar-refractivity contribution in [3.63, 3.8) is 0 Å². The van der Waals surface area contributed by atoms with Gasteiger partial charge in [-0.1, -0.05) is 54.6 Å².